The molecule has 5 aromatic rings. The van der Waals surface area contributed by atoms with Gasteiger partial charge in [0.15, 0.2) is 0 Å². The Hall–Kier alpha value is -7.71. The van der Waals surface area contributed by atoms with Crippen LogP contribution in [0.15, 0.2) is 97.2 Å². The second-order valence-corrected chi connectivity index (χ2v) is 22.5. The van der Waals surface area contributed by atoms with Gasteiger partial charge in [0.25, 0.3) is 5.97 Å². The molecular formula is C56H73N11O12S2. The molecular weight excluding hydrogens is 1080 g/mol. The zero-order chi connectivity index (χ0) is 59.3. The third kappa shape index (κ3) is 19.8. The first-order valence-electron chi connectivity index (χ1n) is 26.3. The number of unbranched alkanes of at least 4 members (excludes halogenated alkanes) is 1. The first-order valence-corrected chi connectivity index (χ1v) is 28.8. The second kappa shape index (κ2) is 31.3. The molecule has 25 heteroatoms. The minimum absolute atomic E-state index is 0.0501. The molecule has 9 atom stereocenters. The van der Waals surface area contributed by atoms with Crippen LogP contribution in [0, 0.1) is 5.92 Å². The molecule has 4 aromatic carbocycles. The normalized spacial score (nSPS) is 20.9. The fourth-order valence-corrected chi connectivity index (χ4v) is 11.0. The van der Waals surface area contributed by atoms with Crippen molar-refractivity contribution in [1.29, 1.82) is 0 Å². The van der Waals surface area contributed by atoms with Gasteiger partial charge in [0.1, 0.15) is 48.0 Å². The maximum absolute atomic E-state index is 14.9. The van der Waals surface area contributed by atoms with Gasteiger partial charge in [0.2, 0.25) is 47.3 Å². The largest absolute Gasteiger partial charge is 0.508 e. The Bertz CT molecular complexity index is 2990. The van der Waals surface area contributed by atoms with Gasteiger partial charge in [-0.05, 0) is 90.7 Å². The van der Waals surface area contributed by atoms with Crippen LogP contribution < -0.4 is 54.4 Å². The number of H-pyrrole nitrogens is 1. The number of carbonyl (C=O) groups excluding carboxylic acids is 8. The van der Waals surface area contributed by atoms with Gasteiger partial charge in [-0.2, -0.15) is 0 Å². The number of hydrogen-bond acceptors (Lipinski definition) is 15. The monoisotopic (exact) mass is 1160 g/mol. The first kappa shape index (κ1) is 64.1. The summed E-state index contributed by atoms with van der Waals surface area (Å²) in [7, 11) is 2.03. The summed E-state index contributed by atoms with van der Waals surface area (Å²) >= 11 is 0. The van der Waals surface area contributed by atoms with Crippen molar-refractivity contribution in [3.63, 3.8) is 0 Å². The molecule has 1 aliphatic rings. The highest BCUT2D eigenvalue weighted by Gasteiger charge is 2.36. The Morgan fingerprint density at radius 2 is 1.31 bits per heavy atom. The average Bonchev–Trinajstić information content (AvgIpc) is 3.88. The van der Waals surface area contributed by atoms with Crippen molar-refractivity contribution in [2.75, 3.05) is 18.1 Å². The van der Waals surface area contributed by atoms with Crippen LogP contribution in [-0.4, -0.2) is 146 Å². The van der Waals surface area contributed by atoms with Gasteiger partial charge < -0.3 is 74.7 Å². The maximum Gasteiger partial charge on any atom is 0.300 e. The van der Waals surface area contributed by atoms with Crippen molar-refractivity contribution in [1.82, 2.24) is 42.2 Å². The molecule has 436 valence electrons. The van der Waals surface area contributed by atoms with E-state index in [1.165, 1.54) is 19.1 Å². The fraction of sp³-hybridized carbons (Fsp3) is 0.411. The Morgan fingerprint density at radius 1 is 0.716 bits per heavy atom. The van der Waals surface area contributed by atoms with Crippen molar-refractivity contribution < 1.29 is 58.5 Å². The van der Waals surface area contributed by atoms with Crippen LogP contribution in [0.3, 0.4) is 0 Å². The number of rotatable bonds is 17. The highest BCUT2D eigenvalue weighted by atomic mass is 33.1. The zero-order valence-corrected chi connectivity index (χ0v) is 47.1. The van der Waals surface area contributed by atoms with Crippen LogP contribution in [0.25, 0.3) is 21.7 Å². The van der Waals surface area contributed by atoms with Crippen LogP contribution in [0.5, 0.6) is 5.75 Å². The van der Waals surface area contributed by atoms with Crippen LogP contribution in [0.1, 0.15) is 63.6 Å². The molecule has 0 bridgehead atoms. The van der Waals surface area contributed by atoms with E-state index in [0.717, 1.165) is 55.8 Å². The number of carboxylic acid groups (broad SMARTS) is 1. The number of aromatic nitrogens is 1. The van der Waals surface area contributed by atoms with Crippen molar-refractivity contribution in [2.45, 2.75) is 121 Å². The summed E-state index contributed by atoms with van der Waals surface area (Å²) in [6.45, 7) is 5.93. The van der Waals surface area contributed by atoms with E-state index in [4.69, 9.17) is 27.1 Å². The van der Waals surface area contributed by atoms with Gasteiger partial charge in [-0.1, -0.05) is 108 Å². The molecule has 0 spiro atoms. The van der Waals surface area contributed by atoms with Crippen LogP contribution in [0.2, 0.25) is 0 Å². The van der Waals surface area contributed by atoms with Gasteiger partial charge in [-0.15, -0.1) is 0 Å². The Balaban J connectivity index is 0.00000291. The Kier molecular flexibility index (Phi) is 24.8. The molecule has 1 aliphatic heterocycles. The van der Waals surface area contributed by atoms with Gasteiger partial charge in [-0.3, -0.25) is 43.2 Å². The number of fused-ring (bicyclic) bond motifs is 2. The van der Waals surface area contributed by atoms with Gasteiger partial charge in [0.05, 0.1) is 12.1 Å². The Labute approximate surface area is 476 Å². The minimum Gasteiger partial charge on any atom is -0.508 e. The second-order valence-electron chi connectivity index (χ2n) is 20.0. The van der Waals surface area contributed by atoms with Crippen LogP contribution in [-0.2, 0) is 62.4 Å². The lowest BCUT2D eigenvalue weighted by Gasteiger charge is -2.29. The molecule has 0 aliphatic carbocycles. The first-order chi connectivity index (χ1) is 38.5. The predicted molar refractivity (Wildman–Crippen MR) is 310 cm³/mol. The van der Waals surface area contributed by atoms with Gasteiger partial charge >= 0.3 is 0 Å². The number of aliphatic hydroxyl groups is 1. The molecule has 6 rings (SSSR count). The summed E-state index contributed by atoms with van der Waals surface area (Å²) in [6, 6.07) is 15.8. The predicted octanol–water partition coefficient (Wildman–Crippen LogP) is 0.913. The van der Waals surface area contributed by atoms with E-state index in [1.54, 1.807) is 32.2 Å². The lowest BCUT2D eigenvalue weighted by molar-refractivity contribution is -0.136. The molecule has 1 fully saturated rings. The standard InChI is InChI=1S/C54H69N11O10S2.C2H4O2/c1-29(2)45-54(75)63-44(53(74)65-46(30(3)66)47(57)68)28-77-76-27-43(62-48(69)38(56)23-32-15-18-33-10-4-5-11-34(33)22-32)52(73)60-41(24-31-16-19-36(67)20-17-31)50(71)61-42(25-35-26-58-39-13-7-6-12-37(35)39)51(72)59-40(49(70)64-45)14-8-9-21-55;1-2(3)4/h4-7,10-13,15-20,22,26,29-30,38,40-46,58,66-67H,8-9,14,21,23-25,27-28,55-56H2,1-3H3,(H2,57,68)(H,59,72)(H,60,73)(H,61,71)(H,62,69)(H,63,75)(H,64,70)(H,65,74);1H3,(H,3,4)/t30-,38-,40+,41?,42-,43+,44?,45+,46+;/m1./s1. The third-order valence-corrected chi connectivity index (χ3v) is 15.5. The van der Waals surface area contributed by atoms with E-state index in [2.05, 4.69) is 42.2 Å². The SMILES string of the molecule is CC(=O)O.CC(C)[C@@H]1NC(=O)[C@H](CCCCN)NC(=O)[C@@H](Cc2c[nH]c3ccccc23)NC(=O)C(Cc2ccc(O)cc2)NC(=O)[C@@H](NC(=O)[C@H](N)Cc2ccc3ccccc3c2)CSSCC(C(=O)N[C@H](C(N)=O)[C@@H](C)O)NC1=O. The number of aromatic hydroxyl groups is 1. The zero-order valence-electron chi connectivity index (χ0n) is 45.4. The minimum atomic E-state index is -1.55. The number of hydrogen-bond donors (Lipinski definition) is 14. The number of para-hydroxylation sites is 1. The van der Waals surface area contributed by atoms with Crippen molar-refractivity contribution in [3.8, 4) is 5.75 Å². The van der Waals surface area contributed by atoms with Gasteiger partial charge in [0, 0.05) is 48.4 Å². The Morgan fingerprint density at radius 3 is 1.96 bits per heavy atom. The van der Waals surface area contributed by atoms with E-state index in [-0.39, 0.29) is 49.5 Å². The number of amides is 8. The molecule has 2 unspecified atom stereocenters. The molecule has 2 heterocycles. The summed E-state index contributed by atoms with van der Waals surface area (Å²) in [5, 5.41) is 49.5. The average molecular weight is 1160 g/mol. The van der Waals surface area contributed by atoms with E-state index in [0.29, 0.717) is 24.0 Å². The molecule has 23 nitrogen and oxygen atoms in total. The number of carboxylic acids is 1. The van der Waals surface area contributed by atoms with Crippen molar-refractivity contribution >= 4 is 96.5 Å². The molecule has 1 saturated heterocycles. The highest BCUT2D eigenvalue weighted by Crippen LogP contribution is 2.25. The number of aromatic amines is 1. The number of aliphatic hydroxyl groups excluding tert-OH is 1. The molecule has 8 amide bonds. The molecule has 0 radical (unpaired) electrons. The van der Waals surface area contributed by atoms with Crippen LogP contribution >= 0.6 is 21.6 Å². The van der Waals surface area contributed by atoms with Crippen molar-refractivity contribution in [3.05, 3.63) is 114 Å². The maximum atomic E-state index is 14.9. The van der Waals surface area contributed by atoms with Gasteiger partial charge in [-0.25, -0.2) is 0 Å². The van der Waals surface area contributed by atoms with E-state index in [1.807, 2.05) is 66.7 Å². The summed E-state index contributed by atoms with van der Waals surface area (Å²) in [5.41, 5.74) is 20.5. The third-order valence-electron chi connectivity index (χ3n) is 13.1. The number of phenols is 1. The number of aliphatic carboxylic acids is 1. The summed E-state index contributed by atoms with van der Waals surface area (Å²) in [4.78, 5) is 125. The quantitative estimate of drug-likeness (QED) is 0.0455. The summed E-state index contributed by atoms with van der Waals surface area (Å²) in [5.74, 6) is -8.50. The number of nitrogens with one attached hydrogen (secondary N) is 8. The lowest BCUT2D eigenvalue weighted by atomic mass is 10.00. The summed E-state index contributed by atoms with van der Waals surface area (Å²) in [6.07, 6.45) is 1.05. The van der Waals surface area contributed by atoms with E-state index >= 15 is 0 Å². The topological polar surface area (TPSA) is 392 Å². The summed E-state index contributed by atoms with van der Waals surface area (Å²) < 4.78 is 0. The number of carbonyl (C=O) groups is 9. The molecule has 17 N–H and O–H groups in total. The van der Waals surface area contributed by atoms with E-state index < -0.39 is 114 Å². The molecule has 0 saturated carbocycles. The number of nitrogens with two attached hydrogens (primary N) is 3. The van der Waals surface area contributed by atoms with E-state index in [9.17, 15) is 48.6 Å². The lowest BCUT2D eigenvalue weighted by Crippen LogP contribution is -2.62. The number of benzene rings is 4. The molecule has 81 heavy (non-hydrogen) atoms. The highest BCUT2D eigenvalue weighted by molar-refractivity contribution is 8.76. The number of primary amides is 1. The van der Waals surface area contributed by atoms with Crippen molar-refractivity contribution in [2.24, 2.45) is 23.1 Å². The smallest absolute Gasteiger partial charge is 0.300 e. The number of phenolic OH excluding ortho intramolecular Hbond substituents is 1. The van der Waals surface area contributed by atoms with Crippen LogP contribution in [0.4, 0.5) is 0 Å². The molecule has 1 aromatic heterocycles. The fourth-order valence-electron chi connectivity index (χ4n) is 8.71.